The molecule has 29 heavy (non-hydrogen) atoms. The second kappa shape index (κ2) is 9.24. The molecule has 7 nitrogen and oxygen atoms in total. The van der Waals surface area contributed by atoms with Crippen LogP contribution in [0.5, 0.6) is 0 Å². The van der Waals surface area contributed by atoms with Crippen LogP contribution < -0.4 is 5.32 Å². The fourth-order valence-corrected chi connectivity index (χ4v) is 3.98. The molecule has 2 amide bonds. The molecule has 2 unspecified atom stereocenters. The molecule has 1 N–H and O–H groups in total. The molecular formula is C22H27N3O4. The summed E-state index contributed by atoms with van der Waals surface area (Å²) in [6, 6.07) is 12.9. The summed E-state index contributed by atoms with van der Waals surface area (Å²) in [7, 11) is 0. The molecule has 0 radical (unpaired) electrons. The number of hydrogen-bond donors (Lipinski definition) is 1. The van der Waals surface area contributed by atoms with E-state index in [0.29, 0.717) is 45.1 Å². The summed E-state index contributed by atoms with van der Waals surface area (Å²) in [6.45, 7) is 3.53. The molecule has 2 aliphatic rings. The van der Waals surface area contributed by atoms with Crippen molar-refractivity contribution in [1.82, 2.24) is 15.1 Å². The molecule has 2 aliphatic heterocycles. The first kappa shape index (κ1) is 19.7. The highest BCUT2D eigenvalue weighted by Crippen LogP contribution is 2.24. The van der Waals surface area contributed by atoms with E-state index in [1.54, 1.807) is 12.3 Å². The molecule has 2 fully saturated rings. The van der Waals surface area contributed by atoms with E-state index in [1.165, 1.54) is 0 Å². The number of nitrogens with zero attached hydrogens (tertiary/aromatic N) is 2. The molecule has 1 aromatic carbocycles. The second-order valence-corrected chi connectivity index (χ2v) is 7.48. The van der Waals surface area contributed by atoms with E-state index < -0.39 is 6.04 Å². The highest BCUT2D eigenvalue weighted by atomic mass is 16.5. The normalized spacial score (nSPS) is 21.1. The number of carbonyl (C=O) groups is 2. The lowest BCUT2D eigenvalue weighted by Crippen LogP contribution is -2.54. The summed E-state index contributed by atoms with van der Waals surface area (Å²) < 4.78 is 11.1. The minimum absolute atomic E-state index is 0.0743. The Morgan fingerprint density at radius 1 is 1.07 bits per heavy atom. The van der Waals surface area contributed by atoms with E-state index in [2.05, 4.69) is 10.2 Å². The Morgan fingerprint density at radius 2 is 1.86 bits per heavy atom. The zero-order valence-corrected chi connectivity index (χ0v) is 16.5. The van der Waals surface area contributed by atoms with E-state index in [1.807, 2.05) is 41.3 Å². The molecule has 3 heterocycles. The minimum Gasteiger partial charge on any atom is -0.467 e. The number of benzene rings is 1. The van der Waals surface area contributed by atoms with Crippen LogP contribution in [0.1, 0.15) is 30.2 Å². The molecule has 154 valence electrons. The van der Waals surface area contributed by atoms with Gasteiger partial charge in [-0.15, -0.1) is 0 Å². The third-order valence-corrected chi connectivity index (χ3v) is 5.57. The Morgan fingerprint density at radius 3 is 2.52 bits per heavy atom. The second-order valence-electron chi connectivity index (χ2n) is 7.48. The average molecular weight is 397 g/mol. The number of hydrogen-bond acceptors (Lipinski definition) is 5. The van der Waals surface area contributed by atoms with Gasteiger partial charge in [-0.2, -0.15) is 0 Å². The first-order valence-electron chi connectivity index (χ1n) is 10.2. The zero-order chi connectivity index (χ0) is 20.1. The van der Waals surface area contributed by atoms with Crippen molar-refractivity contribution in [3.63, 3.8) is 0 Å². The smallest absolute Gasteiger partial charge is 0.251 e. The van der Waals surface area contributed by atoms with Crippen molar-refractivity contribution in [3.05, 3.63) is 60.1 Å². The van der Waals surface area contributed by atoms with Gasteiger partial charge in [0.1, 0.15) is 17.9 Å². The van der Waals surface area contributed by atoms with Gasteiger partial charge < -0.3 is 19.4 Å². The largest absolute Gasteiger partial charge is 0.467 e. The number of nitrogens with one attached hydrogen (secondary N) is 1. The molecule has 0 saturated carbocycles. The van der Waals surface area contributed by atoms with Crippen molar-refractivity contribution >= 4 is 11.8 Å². The topological polar surface area (TPSA) is 75.0 Å². The van der Waals surface area contributed by atoms with Crippen molar-refractivity contribution in [2.45, 2.75) is 31.5 Å². The molecule has 2 aromatic rings. The molecule has 0 bridgehead atoms. The van der Waals surface area contributed by atoms with E-state index >= 15 is 0 Å². The maximum Gasteiger partial charge on any atom is 0.251 e. The highest BCUT2D eigenvalue weighted by Gasteiger charge is 2.35. The molecular weight excluding hydrogens is 370 g/mol. The monoisotopic (exact) mass is 397 g/mol. The van der Waals surface area contributed by atoms with Gasteiger partial charge in [0.15, 0.2) is 0 Å². The number of amides is 2. The number of piperazine rings is 1. The number of furan rings is 1. The van der Waals surface area contributed by atoms with Crippen LogP contribution >= 0.6 is 0 Å². The minimum atomic E-state index is -0.506. The predicted molar refractivity (Wildman–Crippen MR) is 107 cm³/mol. The Hall–Kier alpha value is -2.64. The van der Waals surface area contributed by atoms with E-state index in [4.69, 9.17) is 9.15 Å². The van der Waals surface area contributed by atoms with Gasteiger partial charge in [-0.3, -0.25) is 14.5 Å². The summed E-state index contributed by atoms with van der Waals surface area (Å²) in [5.41, 5.74) is 1.05. The van der Waals surface area contributed by atoms with Crippen LogP contribution in [0.2, 0.25) is 0 Å². The SMILES string of the molecule is O=C(NCc1ccccc1)C(c1ccco1)N1CCN(C(=O)C2CCCO2)CC1. The molecule has 2 atom stereocenters. The number of ether oxygens (including phenoxy) is 1. The third kappa shape index (κ3) is 4.68. The summed E-state index contributed by atoms with van der Waals surface area (Å²) in [5.74, 6) is 0.599. The van der Waals surface area contributed by atoms with Crippen molar-refractivity contribution in [2.24, 2.45) is 0 Å². The van der Waals surface area contributed by atoms with Crippen molar-refractivity contribution < 1.29 is 18.7 Å². The zero-order valence-electron chi connectivity index (χ0n) is 16.5. The van der Waals surface area contributed by atoms with Crippen molar-refractivity contribution in [3.8, 4) is 0 Å². The quantitative estimate of drug-likeness (QED) is 0.807. The molecule has 4 rings (SSSR count). The Balaban J connectivity index is 1.38. The van der Waals surface area contributed by atoms with Crippen LogP contribution in [0.25, 0.3) is 0 Å². The first-order valence-corrected chi connectivity index (χ1v) is 10.2. The lowest BCUT2D eigenvalue weighted by Gasteiger charge is -2.38. The van der Waals surface area contributed by atoms with Crippen molar-refractivity contribution in [2.75, 3.05) is 32.8 Å². The molecule has 2 saturated heterocycles. The molecule has 0 spiro atoms. The van der Waals surface area contributed by atoms with E-state index in [-0.39, 0.29) is 17.9 Å². The van der Waals surface area contributed by atoms with Gasteiger partial charge >= 0.3 is 0 Å². The van der Waals surface area contributed by atoms with E-state index in [0.717, 1.165) is 18.4 Å². The standard InChI is InChI=1S/C22H27N3O4/c26-21(23-16-17-6-2-1-3-7-17)20(18-8-4-14-28-18)24-10-12-25(13-11-24)22(27)19-9-5-15-29-19/h1-4,6-8,14,19-20H,5,9-13,15-16H2,(H,23,26). The van der Waals surface area contributed by atoms with Crippen LogP contribution in [-0.2, 0) is 20.9 Å². The summed E-state index contributed by atoms with van der Waals surface area (Å²) in [5, 5.41) is 3.02. The molecule has 1 aromatic heterocycles. The van der Waals surface area contributed by atoms with Crippen molar-refractivity contribution in [1.29, 1.82) is 0 Å². The average Bonchev–Trinajstić information content (AvgIpc) is 3.48. The van der Waals surface area contributed by atoms with Crippen LogP contribution in [0, 0.1) is 0 Å². The molecule has 7 heteroatoms. The van der Waals surface area contributed by atoms with Gasteiger partial charge in [0.05, 0.1) is 6.26 Å². The lowest BCUT2D eigenvalue weighted by molar-refractivity contribution is -0.143. The fraction of sp³-hybridized carbons (Fsp3) is 0.455. The Bertz CT molecular complexity index is 795. The third-order valence-electron chi connectivity index (χ3n) is 5.57. The van der Waals surface area contributed by atoms with Gasteiger partial charge in [-0.25, -0.2) is 0 Å². The predicted octanol–water partition coefficient (Wildman–Crippen LogP) is 1.96. The summed E-state index contributed by atoms with van der Waals surface area (Å²) in [4.78, 5) is 29.5. The fourth-order valence-electron chi connectivity index (χ4n) is 3.98. The maximum atomic E-state index is 13.0. The number of rotatable bonds is 6. The van der Waals surface area contributed by atoms with E-state index in [9.17, 15) is 9.59 Å². The van der Waals surface area contributed by atoms with Crippen LogP contribution in [-0.4, -0.2) is 60.5 Å². The van der Waals surface area contributed by atoms with Gasteiger partial charge in [0.2, 0.25) is 5.91 Å². The Labute approximate surface area is 170 Å². The van der Waals surface area contributed by atoms with Crippen LogP contribution in [0.15, 0.2) is 53.1 Å². The van der Waals surface area contributed by atoms with Gasteiger partial charge in [-0.1, -0.05) is 30.3 Å². The van der Waals surface area contributed by atoms with Gasteiger partial charge in [0.25, 0.3) is 5.91 Å². The Kier molecular flexibility index (Phi) is 6.27. The van der Waals surface area contributed by atoms with Gasteiger partial charge in [0, 0.05) is 39.3 Å². The number of carbonyl (C=O) groups excluding carboxylic acids is 2. The van der Waals surface area contributed by atoms with Crippen LogP contribution in [0.4, 0.5) is 0 Å². The van der Waals surface area contributed by atoms with Gasteiger partial charge in [-0.05, 0) is 30.5 Å². The maximum absolute atomic E-state index is 13.0. The molecule has 0 aliphatic carbocycles. The summed E-state index contributed by atoms with van der Waals surface area (Å²) in [6.07, 6.45) is 3.04. The summed E-state index contributed by atoms with van der Waals surface area (Å²) >= 11 is 0. The first-order chi connectivity index (χ1) is 14.2. The highest BCUT2D eigenvalue weighted by molar-refractivity contribution is 5.83. The van der Waals surface area contributed by atoms with Crippen LogP contribution in [0.3, 0.4) is 0 Å². The lowest BCUT2D eigenvalue weighted by atomic mass is 10.1.